The molecule has 5 nitrogen and oxygen atoms in total. The Balaban J connectivity index is 1.64. The number of benzene rings is 2. The van der Waals surface area contributed by atoms with Crippen LogP contribution in [0.25, 0.3) is 10.9 Å². The van der Waals surface area contributed by atoms with Crippen molar-refractivity contribution >= 4 is 40.0 Å². The minimum absolute atomic E-state index is 0.00361. The van der Waals surface area contributed by atoms with E-state index in [0.717, 1.165) is 22.0 Å². The zero-order chi connectivity index (χ0) is 19.4. The van der Waals surface area contributed by atoms with Crippen molar-refractivity contribution < 1.29 is 9.59 Å². The van der Waals surface area contributed by atoms with Gasteiger partial charge in [-0.05, 0) is 42.7 Å². The number of aromatic amines is 1. The van der Waals surface area contributed by atoms with Crippen LogP contribution in [0.1, 0.15) is 18.1 Å². The summed E-state index contributed by atoms with van der Waals surface area (Å²) in [5.74, 6) is -0.373. The number of amides is 2. The summed E-state index contributed by atoms with van der Waals surface area (Å²) in [4.78, 5) is 29.2. The quantitative estimate of drug-likeness (QED) is 0.671. The summed E-state index contributed by atoms with van der Waals surface area (Å²) in [7, 11) is 0. The zero-order valence-electron chi connectivity index (χ0n) is 15.4. The Labute approximate surface area is 163 Å². The van der Waals surface area contributed by atoms with E-state index in [2.05, 4.69) is 10.3 Å². The van der Waals surface area contributed by atoms with Crippen molar-refractivity contribution in [3.8, 4) is 0 Å². The predicted octanol–water partition coefficient (Wildman–Crippen LogP) is 4.16. The molecule has 0 aliphatic heterocycles. The number of para-hydroxylation sites is 1. The lowest BCUT2D eigenvalue weighted by molar-refractivity contribution is -0.132. The fourth-order valence-corrected chi connectivity index (χ4v) is 3.21. The van der Waals surface area contributed by atoms with E-state index in [9.17, 15) is 9.59 Å². The Morgan fingerprint density at radius 3 is 2.74 bits per heavy atom. The number of carbonyl (C=O) groups is 2. The molecule has 0 fully saturated rings. The van der Waals surface area contributed by atoms with Gasteiger partial charge in [0.25, 0.3) is 0 Å². The standard InChI is InChI=1S/C21H22ClN3O2/c1-14-7-8-17(22)11-20(14)24-21(27)13-25(15(2)26)10-9-16-12-23-19-6-4-3-5-18(16)19/h3-8,11-12,23H,9-10,13H2,1-2H3,(H,24,27). The highest BCUT2D eigenvalue weighted by Crippen LogP contribution is 2.20. The smallest absolute Gasteiger partial charge is 0.244 e. The van der Waals surface area contributed by atoms with Gasteiger partial charge in [0.2, 0.25) is 11.8 Å². The highest BCUT2D eigenvalue weighted by Gasteiger charge is 2.15. The number of halogens is 1. The van der Waals surface area contributed by atoms with E-state index < -0.39 is 0 Å². The van der Waals surface area contributed by atoms with Gasteiger partial charge in [0.05, 0.1) is 6.54 Å². The number of hydrogen-bond donors (Lipinski definition) is 2. The summed E-state index contributed by atoms with van der Waals surface area (Å²) in [5, 5.41) is 4.53. The highest BCUT2D eigenvalue weighted by atomic mass is 35.5. The molecule has 0 saturated carbocycles. The van der Waals surface area contributed by atoms with Gasteiger partial charge < -0.3 is 15.2 Å². The van der Waals surface area contributed by atoms with E-state index >= 15 is 0 Å². The van der Waals surface area contributed by atoms with Gasteiger partial charge in [0, 0.05) is 41.3 Å². The number of rotatable bonds is 6. The molecule has 0 saturated heterocycles. The Kier molecular flexibility index (Phi) is 5.81. The third kappa shape index (κ3) is 4.68. The first kappa shape index (κ1) is 19.0. The molecule has 3 rings (SSSR count). The van der Waals surface area contributed by atoms with Crippen LogP contribution in [0, 0.1) is 6.92 Å². The van der Waals surface area contributed by atoms with Crippen molar-refractivity contribution in [2.45, 2.75) is 20.3 Å². The molecule has 0 aliphatic rings. The van der Waals surface area contributed by atoms with Gasteiger partial charge in [-0.2, -0.15) is 0 Å². The second-order valence-electron chi connectivity index (χ2n) is 6.56. The number of nitrogens with one attached hydrogen (secondary N) is 2. The monoisotopic (exact) mass is 383 g/mol. The Morgan fingerprint density at radius 1 is 1.19 bits per heavy atom. The molecule has 2 amide bonds. The molecule has 0 aliphatic carbocycles. The SMILES string of the molecule is CC(=O)N(CCc1c[nH]c2ccccc12)CC(=O)Nc1cc(Cl)ccc1C. The summed E-state index contributed by atoms with van der Waals surface area (Å²) < 4.78 is 0. The molecule has 2 aromatic carbocycles. The van der Waals surface area contributed by atoms with Crippen molar-refractivity contribution in [1.82, 2.24) is 9.88 Å². The molecule has 0 spiro atoms. The van der Waals surface area contributed by atoms with E-state index in [1.807, 2.05) is 43.5 Å². The fourth-order valence-electron chi connectivity index (χ4n) is 3.03. The third-order valence-corrected chi connectivity index (χ3v) is 4.81. The van der Waals surface area contributed by atoms with Crippen LogP contribution in [0.2, 0.25) is 5.02 Å². The molecule has 27 heavy (non-hydrogen) atoms. The van der Waals surface area contributed by atoms with Crippen molar-refractivity contribution in [2.75, 3.05) is 18.4 Å². The molecule has 1 aromatic heterocycles. The van der Waals surface area contributed by atoms with Crippen LogP contribution in [-0.2, 0) is 16.0 Å². The van der Waals surface area contributed by atoms with Crippen molar-refractivity contribution in [2.24, 2.45) is 0 Å². The number of H-pyrrole nitrogens is 1. The summed E-state index contributed by atoms with van der Waals surface area (Å²) >= 11 is 5.99. The molecule has 0 bridgehead atoms. The van der Waals surface area contributed by atoms with Crippen LogP contribution in [-0.4, -0.2) is 34.8 Å². The van der Waals surface area contributed by atoms with Crippen LogP contribution >= 0.6 is 11.6 Å². The van der Waals surface area contributed by atoms with Crippen molar-refractivity contribution in [1.29, 1.82) is 0 Å². The average molecular weight is 384 g/mol. The first-order valence-electron chi connectivity index (χ1n) is 8.80. The van der Waals surface area contributed by atoms with Crippen LogP contribution in [0.15, 0.2) is 48.7 Å². The highest BCUT2D eigenvalue weighted by molar-refractivity contribution is 6.31. The lowest BCUT2D eigenvalue weighted by atomic mass is 10.1. The Bertz CT molecular complexity index is 980. The van der Waals surface area contributed by atoms with Gasteiger partial charge >= 0.3 is 0 Å². The van der Waals surface area contributed by atoms with Crippen molar-refractivity contribution in [3.05, 3.63) is 64.8 Å². The topological polar surface area (TPSA) is 65.2 Å². The molecule has 2 N–H and O–H groups in total. The molecular formula is C21H22ClN3O2. The number of carbonyl (C=O) groups excluding carboxylic acids is 2. The van der Waals surface area contributed by atoms with Gasteiger partial charge in [0.1, 0.15) is 0 Å². The van der Waals surface area contributed by atoms with Crippen molar-refractivity contribution in [3.63, 3.8) is 0 Å². The van der Waals surface area contributed by atoms with Crippen LogP contribution in [0.3, 0.4) is 0 Å². The van der Waals surface area contributed by atoms with Gasteiger partial charge in [0.15, 0.2) is 0 Å². The van der Waals surface area contributed by atoms with E-state index in [1.165, 1.54) is 6.92 Å². The van der Waals surface area contributed by atoms with E-state index in [1.54, 1.807) is 17.0 Å². The minimum Gasteiger partial charge on any atom is -0.361 e. The maximum absolute atomic E-state index is 12.4. The summed E-state index contributed by atoms with van der Waals surface area (Å²) in [6, 6.07) is 13.4. The second-order valence-corrected chi connectivity index (χ2v) is 6.99. The van der Waals surface area contributed by atoms with Crippen LogP contribution < -0.4 is 5.32 Å². The summed E-state index contributed by atoms with van der Waals surface area (Å²) in [6.45, 7) is 3.85. The maximum atomic E-state index is 12.4. The second kappa shape index (κ2) is 8.27. The molecule has 0 atom stereocenters. The van der Waals surface area contributed by atoms with E-state index in [4.69, 9.17) is 11.6 Å². The number of hydrogen-bond acceptors (Lipinski definition) is 2. The summed E-state index contributed by atoms with van der Waals surface area (Å²) in [6.07, 6.45) is 2.63. The third-order valence-electron chi connectivity index (χ3n) is 4.58. The molecule has 1 heterocycles. The number of fused-ring (bicyclic) bond motifs is 1. The largest absolute Gasteiger partial charge is 0.361 e. The summed E-state index contributed by atoms with van der Waals surface area (Å²) in [5.41, 5.74) is 3.77. The number of nitrogens with zero attached hydrogens (tertiary/aromatic N) is 1. The molecule has 3 aromatic rings. The molecule has 0 radical (unpaired) electrons. The molecule has 6 heteroatoms. The van der Waals surface area contributed by atoms with Crippen LogP contribution in [0.5, 0.6) is 0 Å². The molecule has 140 valence electrons. The first-order valence-corrected chi connectivity index (χ1v) is 9.18. The zero-order valence-corrected chi connectivity index (χ0v) is 16.1. The Hall–Kier alpha value is -2.79. The fraction of sp³-hybridized carbons (Fsp3) is 0.238. The van der Waals surface area contributed by atoms with Crippen LogP contribution in [0.4, 0.5) is 5.69 Å². The molecular weight excluding hydrogens is 362 g/mol. The number of aromatic nitrogens is 1. The van der Waals surface area contributed by atoms with E-state index in [0.29, 0.717) is 23.7 Å². The minimum atomic E-state index is -0.241. The van der Waals surface area contributed by atoms with Gasteiger partial charge in [-0.15, -0.1) is 0 Å². The van der Waals surface area contributed by atoms with Gasteiger partial charge in [-0.3, -0.25) is 9.59 Å². The first-order chi connectivity index (χ1) is 12.9. The van der Waals surface area contributed by atoms with Gasteiger partial charge in [-0.1, -0.05) is 35.9 Å². The Morgan fingerprint density at radius 2 is 1.96 bits per heavy atom. The lowest BCUT2D eigenvalue weighted by Crippen LogP contribution is -2.38. The predicted molar refractivity (Wildman–Crippen MR) is 109 cm³/mol. The average Bonchev–Trinajstić information content (AvgIpc) is 3.04. The number of aryl methyl sites for hydroxylation is 1. The normalized spacial score (nSPS) is 10.8. The number of anilines is 1. The lowest BCUT2D eigenvalue weighted by Gasteiger charge is -2.21. The van der Waals surface area contributed by atoms with Gasteiger partial charge in [-0.25, -0.2) is 0 Å². The van der Waals surface area contributed by atoms with E-state index in [-0.39, 0.29) is 18.4 Å². The maximum Gasteiger partial charge on any atom is 0.244 e. The molecule has 0 unspecified atom stereocenters.